The number of thiol groups is 1. The summed E-state index contributed by atoms with van der Waals surface area (Å²) in [5, 5.41) is 0.413. The SMILES string of the molecule is O=C/C=C(\Cl)c1ccccc1S. The van der Waals surface area contributed by atoms with Gasteiger partial charge in [-0.1, -0.05) is 29.8 Å². The van der Waals surface area contributed by atoms with E-state index in [4.69, 9.17) is 11.6 Å². The maximum absolute atomic E-state index is 10.1. The summed E-state index contributed by atoms with van der Waals surface area (Å²) < 4.78 is 0. The Morgan fingerprint density at radius 1 is 1.42 bits per heavy atom. The molecule has 0 aromatic heterocycles. The molecule has 0 saturated heterocycles. The third kappa shape index (κ3) is 2.13. The van der Waals surface area contributed by atoms with E-state index < -0.39 is 0 Å². The van der Waals surface area contributed by atoms with E-state index in [0.29, 0.717) is 11.3 Å². The predicted molar refractivity (Wildman–Crippen MR) is 53.6 cm³/mol. The topological polar surface area (TPSA) is 17.1 Å². The number of halogens is 1. The van der Waals surface area contributed by atoms with Crippen LogP contribution < -0.4 is 0 Å². The van der Waals surface area contributed by atoms with Gasteiger partial charge in [0, 0.05) is 10.5 Å². The van der Waals surface area contributed by atoms with Crippen molar-refractivity contribution in [2.75, 3.05) is 0 Å². The zero-order valence-corrected chi connectivity index (χ0v) is 7.85. The fourth-order valence-corrected chi connectivity index (χ4v) is 1.39. The van der Waals surface area contributed by atoms with Crippen LogP contribution >= 0.6 is 24.2 Å². The molecule has 3 heteroatoms. The minimum Gasteiger partial charge on any atom is -0.299 e. The lowest BCUT2D eigenvalue weighted by molar-refractivity contribution is -0.104. The van der Waals surface area contributed by atoms with Crippen LogP contribution in [-0.4, -0.2) is 6.29 Å². The van der Waals surface area contributed by atoms with Crippen LogP contribution in [0.5, 0.6) is 0 Å². The van der Waals surface area contributed by atoms with Crippen LogP contribution in [0.2, 0.25) is 0 Å². The fraction of sp³-hybridized carbons (Fsp3) is 0. The van der Waals surface area contributed by atoms with Crippen LogP contribution in [0.25, 0.3) is 5.03 Å². The van der Waals surface area contributed by atoms with Gasteiger partial charge in [0.25, 0.3) is 0 Å². The Hall–Kier alpha value is -0.730. The number of benzene rings is 1. The molecular weight excluding hydrogens is 192 g/mol. The van der Waals surface area contributed by atoms with Gasteiger partial charge in [0.15, 0.2) is 0 Å². The zero-order valence-electron chi connectivity index (χ0n) is 6.20. The van der Waals surface area contributed by atoms with Crippen molar-refractivity contribution in [1.29, 1.82) is 0 Å². The summed E-state index contributed by atoms with van der Waals surface area (Å²) in [5.41, 5.74) is 0.773. The second-order valence-electron chi connectivity index (χ2n) is 2.17. The first-order chi connectivity index (χ1) is 5.75. The molecule has 0 heterocycles. The average Bonchev–Trinajstić information content (AvgIpc) is 2.05. The second-order valence-corrected chi connectivity index (χ2v) is 3.06. The van der Waals surface area contributed by atoms with Gasteiger partial charge < -0.3 is 0 Å². The molecule has 1 rings (SSSR count). The Kier molecular flexibility index (Phi) is 3.38. The van der Waals surface area contributed by atoms with Gasteiger partial charge in [0.2, 0.25) is 0 Å². The average molecular weight is 199 g/mol. The van der Waals surface area contributed by atoms with E-state index in [0.717, 1.165) is 10.5 Å². The molecule has 0 aliphatic heterocycles. The first-order valence-corrected chi connectivity index (χ1v) is 4.17. The number of aldehydes is 1. The third-order valence-electron chi connectivity index (χ3n) is 1.38. The van der Waals surface area contributed by atoms with Crippen molar-refractivity contribution in [2.24, 2.45) is 0 Å². The number of carbonyl (C=O) groups is 1. The minimum absolute atomic E-state index is 0.413. The molecule has 0 saturated carbocycles. The molecular formula is C9H7ClOS. The lowest BCUT2D eigenvalue weighted by atomic mass is 10.2. The molecule has 12 heavy (non-hydrogen) atoms. The van der Waals surface area contributed by atoms with E-state index >= 15 is 0 Å². The highest BCUT2D eigenvalue weighted by Crippen LogP contribution is 2.24. The zero-order chi connectivity index (χ0) is 8.97. The molecule has 0 atom stereocenters. The summed E-state index contributed by atoms with van der Waals surface area (Å²) in [6, 6.07) is 7.33. The molecule has 1 aromatic rings. The van der Waals surface area contributed by atoms with Crippen LogP contribution in [0.3, 0.4) is 0 Å². The molecule has 0 amide bonds. The number of rotatable bonds is 2. The largest absolute Gasteiger partial charge is 0.299 e. The monoisotopic (exact) mass is 198 g/mol. The number of hydrogen-bond donors (Lipinski definition) is 1. The van der Waals surface area contributed by atoms with Gasteiger partial charge >= 0.3 is 0 Å². The third-order valence-corrected chi connectivity index (χ3v) is 2.10. The first-order valence-electron chi connectivity index (χ1n) is 3.35. The van der Waals surface area contributed by atoms with Crippen molar-refractivity contribution in [3.05, 3.63) is 35.9 Å². The highest BCUT2D eigenvalue weighted by atomic mass is 35.5. The van der Waals surface area contributed by atoms with Gasteiger partial charge in [-0.25, -0.2) is 0 Å². The van der Waals surface area contributed by atoms with Gasteiger partial charge in [0.1, 0.15) is 6.29 Å². The first kappa shape index (κ1) is 9.36. The van der Waals surface area contributed by atoms with Gasteiger partial charge in [-0.3, -0.25) is 4.79 Å². The smallest absolute Gasteiger partial charge is 0.144 e. The van der Waals surface area contributed by atoms with E-state index in [2.05, 4.69) is 12.6 Å². The number of carbonyl (C=O) groups excluding carboxylic acids is 1. The Bertz CT molecular complexity index is 320. The molecule has 0 aliphatic rings. The quantitative estimate of drug-likeness (QED) is 0.439. The lowest BCUT2D eigenvalue weighted by Crippen LogP contribution is -1.79. The maximum atomic E-state index is 10.1. The highest BCUT2D eigenvalue weighted by Gasteiger charge is 2.00. The van der Waals surface area contributed by atoms with Crippen LogP contribution in [0.15, 0.2) is 35.2 Å². The molecule has 1 nitrogen and oxygen atoms in total. The molecule has 1 aromatic carbocycles. The molecule has 62 valence electrons. The number of hydrogen-bond acceptors (Lipinski definition) is 2. The van der Waals surface area contributed by atoms with Crippen molar-refractivity contribution in [3.8, 4) is 0 Å². The lowest BCUT2D eigenvalue weighted by Gasteiger charge is -2.00. The summed E-state index contributed by atoms with van der Waals surface area (Å²) in [6.07, 6.45) is 1.96. The van der Waals surface area contributed by atoms with Crippen LogP contribution in [-0.2, 0) is 4.79 Å². The maximum Gasteiger partial charge on any atom is 0.144 e. The van der Waals surface area contributed by atoms with E-state index in [1.54, 1.807) is 0 Å². The molecule has 0 bridgehead atoms. The van der Waals surface area contributed by atoms with Gasteiger partial charge in [-0.15, -0.1) is 12.6 Å². The van der Waals surface area contributed by atoms with Crippen molar-refractivity contribution in [2.45, 2.75) is 4.90 Å². The molecule has 0 spiro atoms. The predicted octanol–water partition coefficient (Wildman–Crippen LogP) is 2.75. The molecule has 0 fully saturated rings. The van der Waals surface area contributed by atoms with Crippen molar-refractivity contribution in [1.82, 2.24) is 0 Å². The number of allylic oxidation sites excluding steroid dienone is 1. The van der Waals surface area contributed by atoms with Gasteiger partial charge in [0.05, 0.1) is 5.03 Å². The van der Waals surface area contributed by atoms with Gasteiger partial charge in [-0.05, 0) is 12.1 Å². The van der Waals surface area contributed by atoms with Gasteiger partial charge in [-0.2, -0.15) is 0 Å². The molecule has 0 unspecified atom stereocenters. The van der Waals surface area contributed by atoms with E-state index in [1.807, 2.05) is 24.3 Å². The minimum atomic E-state index is 0.413. The van der Waals surface area contributed by atoms with E-state index in [1.165, 1.54) is 6.08 Å². The standard InChI is InChI=1S/C9H7ClOS/c10-8(5-6-11)7-3-1-2-4-9(7)12/h1-6,12H/b8-5-. The van der Waals surface area contributed by atoms with Crippen molar-refractivity contribution >= 4 is 35.5 Å². The Balaban J connectivity index is 3.10. The summed E-state index contributed by atoms with van der Waals surface area (Å²) >= 11 is 9.98. The van der Waals surface area contributed by atoms with Crippen LogP contribution in [0, 0.1) is 0 Å². The molecule has 0 radical (unpaired) electrons. The Morgan fingerprint density at radius 2 is 2.08 bits per heavy atom. The Morgan fingerprint density at radius 3 is 2.67 bits per heavy atom. The van der Waals surface area contributed by atoms with Crippen LogP contribution in [0.1, 0.15) is 5.56 Å². The van der Waals surface area contributed by atoms with Crippen molar-refractivity contribution in [3.63, 3.8) is 0 Å². The Labute approximate surface area is 81.5 Å². The summed E-state index contributed by atoms with van der Waals surface area (Å²) in [5.74, 6) is 0. The van der Waals surface area contributed by atoms with E-state index in [9.17, 15) is 4.79 Å². The van der Waals surface area contributed by atoms with Crippen molar-refractivity contribution < 1.29 is 4.79 Å². The molecule has 0 N–H and O–H groups in total. The summed E-state index contributed by atoms with van der Waals surface area (Å²) in [7, 11) is 0. The summed E-state index contributed by atoms with van der Waals surface area (Å²) in [4.78, 5) is 10.9. The fourth-order valence-electron chi connectivity index (χ4n) is 0.825. The second kappa shape index (κ2) is 4.33. The van der Waals surface area contributed by atoms with Crippen LogP contribution in [0.4, 0.5) is 0 Å². The van der Waals surface area contributed by atoms with E-state index in [-0.39, 0.29) is 0 Å². The summed E-state index contributed by atoms with van der Waals surface area (Å²) in [6.45, 7) is 0. The molecule has 0 aliphatic carbocycles. The highest BCUT2D eigenvalue weighted by molar-refractivity contribution is 7.80. The normalized spacial score (nSPS) is 11.3.